The van der Waals surface area contributed by atoms with Gasteiger partial charge in [0, 0.05) is 23.2 Å². The van der Waals surface area contributed by atoms with Gasteiger partial charge < -0.3 is 20.8 Å². The molecule has 4 aromatic rings. The molecule has 2 amide bonds. The first-order valence-corrected chi connectivity index (χ1v) is 14.8. The predicted molar refractivity (Wildman–Crippen MR) is 155 cm³/mol. The number of aromatic nitrogens is 2. The van der Waals surface area contributed by atoms with E-state index in [4.69, 9.17) is 5.11 Å². The monoisotopic (exact) mass is 620 g/mol. The Balaban J connectivity index is 0.000000892. The molecule has 0 bridgehead atoms. The van der Waals surface area contributed by atoms with Gasteiger partial charge in [-0.3, -0.25) is 9.59 Å². The lowest BCUT2D eigenvalue weighted by Gasteiger charge is -2.23. The highest BCUT2D eigenvalue weighted by molar-refractivity contribution is 7.16. The molecule has 0 spiro atoms. The van der Waals surface area contributed by atoms with Gasteiger partial charge in [0.2, 0.25) is 5.91 Å². The zero-order chi connectivity index (χ0) is 30.6. The highest BCUT2D eigenvalue weighted by Crippen LogP contribution is 2.28. The fourth-order valence-corrected chi connectivity index (χ4v) is 5.05. The van der Waals surface area contributed by atoms with Crippen LogP contribution < -0.4 is 10.6 Å². The highest BCUT2D eigenvalue weighted by atomic mass is 32.1. The zero-order valence-corrected chi connectivity index (χ0v) is 24.5. The number of aliphatic hydroxyl groups excluding tert-OH is 2. The van der Waals surface area contributed by atoms with E-state index in [9.17, 15) is 27.9 Å². The molecule has 0 aliphatic rings. The van der Waals surface area contributed by atoms with Gasteiger partial charge in [-0.15, -0.1) is 22.7 Å². The van der Waals surface area contributed by atoms with Crippen molar-refractivity contribution < 1.29 is 33.0 Å². The van der Waals surface area contributed by atoms with Crippen LogP contribution in [0.2, 0.25) is 0 Å². The summed E-state index contributed by atoms with van der Waals surface area (Å²) in [7, 11) is 0. The maximum atomic E-state index is 14.0. The maximum Gasteiger partial charge on any atom is 0.263 e. The number of carbonyl (C=O) groups excluding carboxylic acids is 2. The molecule has 2 aromatic heterocycles. The van der Waals surface area contributed by atoms with E-state index in [2.05, 4.69) is 20.6 Å². The lowest BCUT2D eigenvalue weighted by atomic mass is 10.0. The normalized spacial score (nSPS) is 12.9. The zero-order valence-electron chi connectivity index (χ0n) is 22.9. The van der Waals surface area contributed by atoms with E-state index in [1.54, 1.807) is 30.6 Å². The molecule has 8 nitrogen and oxygen atoms in total. The second-order valence-corrected chi connectivity index (χ2v) is 11.2. The summed E-state index contributed by atoms with van der Waals surface area (Å²) >= 11 is 2.14. The molecule has 4 rings (SSSR count). The number of nitrogens with zero attached hydrogens (tertiary/aromatic N) is 2. The van der Waals surface area contributed by atoms with Gasteiger partial charge in [0.05, 0.1) is 24.9 Å². The number of hydrogen-bond donors (Lipinski definition) is 4. The molecule has 224 valence electrons. The molecule has 13 heteroatoms. The quantitative estimate of drug-likeness (QED) is 0.186. The summed E-state index contributed by atoms with van der Waals surface area (Å²) in [5, 5.41) is 26.7. The molecule has 4 N–H and O–H groups in total. The van der Waals surface area contributed by atoms with Crippen molar-refractivity contribution in [3.8, 4) is 10.6 Å². The van der Waals surface area contributed by atoms with Gasteiger partial charge in [0.15, 0.2) is 0 Å². The largest absolute Gasteiger partial charge is 0.393 e. The standard InChI is InChI=1S/C25H21F3N4O3S2.C4H10O/c26-15-4-1-14(2-5-15)3-8-19(22(34)25-29-9-10-36-25)32-21(33)13-30-23(35)20-12-31-24(37-20)17-7-6-16(27)11-18(17)28;1-3-4(2)5/h1-2,4-7,9-12,19,22,34H,3,8,13H2,(H,30,35)(H,32,33);4-5H,3H2,1-2H3. The molecule has 0 saturated carbocycles. The number of thiazole rings is 2. The molecule has 0 saturated heterocycles. The lowest BCUT2D eigenvalue weighted by molar-refractivity contribution is -0.121. The van der Waals surface area contributed by atoms with Crippen molar-refractivity contribution in [3.63, 3.8) is 0 Å². The summed E-state index contributed by atoms with van der Waals surface area (Å²) in [6.07, 6.45) is 3.26. The Morgan fingerprint density at radius 3 is 2.33 bits per heavy atom. The number of carbonyl (C=O) groups is 2. The Morgan fingerprint density at radius 2 is 1.71 bits per heavy atom. The Hall–Kier alpha value is -3.65. The molecule has 2 heterocycles. The first kappa shape index (κ1) is 32.9. The molecule has 3 unspecified atom stereocenters. The van der Waals surface area contributed by atoms with Gasteiger partial charge in [0.1, 0.15) is 38.4 Å². The van der Waals surface area contributed by atoms with Gasteiger partial charge in [-0.1, -0.05) is 19.1 Å². The molecule has 0 aliphatic heterocycles. The molecule has 3 atom stereocenters. The third kappa shape index (κ3) is 10.0. The highest BCUT2D eigenvalue weighted by Gasteiger charge is 2.25. The number of aliphatic hydroxyl groups is 2. The van der Waals surface area contributed by atoms with Crippen molar-refractivity contribution >= 4 is 34.5 Å². The van der Waals surface area contributed by atoms with Crippen molar-refractivity contribution in [1.29, 1.82) is 0 Å². The van der Waals surface area contributed by atoms with Crippen molar-refractivity contribution in [2.45, 2.75) is 51.4 Å². The Morgan fingerprint density at radius 1 is 1.02 bits per heavy atom. The van der Waals surface area contributed by atoms with Crippen LogP contribution in [0.5, 0.6) is 0 Å². The maximum absolute atomic E-state index is 14.0. The Bertz CT molecular complexity index is 1430. The summed E-state index contributed by atoms with van der Waals surface area (Å²) in [5.74, 6) is -3.01. The van der Waals surface area contributed by atoms with Crippen LogP contribution in [0.15, 0.2) is 60.2 Å². The summed E-state index contributed by atoms with van der Waals surface area (Å²) in [5.41, 5.74) is 0.891. The smallest absolute Gasteiger partial charge is 0.263 e. The number of nitrogens with one attached hydrogen (secondary N) is 2. The summed E-state index contributed by atoms with van der Waals surface area (Å²) < 4.78 is 40.4. The van der Waals surface area contributed by atoms with Crippen LogP contribution in [0.25, 0.3) is 10.6 Å². The van der Waals surface area contributed by atoms with Crippen LogP contribution in [0.4, 0.5) is 13.2 Å². The van der Waals surface area contributed by atoms with E-state index in [1.165, 1.54) is 35.7 Å². The average molecular weight is 621 g/mol. The molecule has 42 heavy (non-hydrogen) atoms. The molecule has 2 aromatic carbocycles. The molecule has 0 fully saturated rings. The van der Waals surface area contributed by atoms with Crippen LogP contribution in [0.3, 0.4) is 0 Å². The SMILES string of the molecule is CCC(C)O.O=C(CNC(=O)c1cnc(-c2ccc(F)cc2F)s1)NC(CCc1ccc(F)cc1)C(O)c1nccs1. The number of amides is 2. The van der Waals surface area contributed by atoms with Crippen LogP contribution in [0.1, 0.15) is 53.0 Å². The Kier molecular flexibility index (Phi) is 12.6. The number of halogens is 3. The third-order valence-electron chi connectivity index (χ3n) is 5.98. The Labute approximate surface area is 249 Å². The molecule has 0 aliphatic carbocycles. The van der Waals surface area contributed by atoms with Crippen molar-refractivity contribution in [2.24, 2.45) is 0 Å². The fraction of sp³-hybridized carbons (Fsp3) is 0.310. The van der Waals surface area contributed by atoms with Crippen LogP contribution >= 0.6 is 22.7 Å². The van der Waals surface area contributed by atoms with Crippen molar-refractivity contribution in [1.82, 2.24) is 20.6 Å². The van der Waals surface area contributed by atoms with E-state index in [0.717, 1.165) is 35.5 Å². The number of hydrogen-bond acceptors (Lipinski definition) is 8. The fourth-order valence-electron chi connectivity index (χ4n) is 3.51. The van der Waals surface area contributed by atoms with Crippen LogP contribution in [-0.2, 0) is 11.2 Å². The minimum Gasteiger partial charge on any atom is -0.393 e. The minimum absolute atomic E-state index is 0.0587. The lowest BCUT2D eigenvalue weighted by Crippen LogP contribution is -2.44. The number of aryl methyl sites for hydroxylation is 1. The molecule has 0 radical (unpaired) electrons. The number of benzene rings is 2. The molecular weight excluding hydrogens is 589 g/mol. The number of rotatable bonds is 11. The van der Waals surface area contributed by atoms with Crippen molar-refractivity contribution in [2.75, 3.05) is 6.54 Å². The van der Waals surface area contributed by atoms with Gasteiger partial charge in [-0.25, -0.2) is 23.1 Å². The predicted octanol–water partition coefficient (Wildman–Crippen LogP) is 5.04. The second-order valence-electron chi connectivity index (χ2n) is 9.25. The topological polar surface area (TPSA) is 124 Å². The van der Waals surface area contributed by atoms with Crippen LogP contribution in [-0.4, -0.2) is 50.7 Å². The summed E-state index contributed by atoms with van der Waals surface area (Å²) in [6.45, 7) is 3.35. The van der Waals surface area contributed by atoms with E-state index >= 15 is 0 Å². The first-order valence-electron chi connectivity index (χ1n) is 13.1. The first-order chi connectivity index (χ1) is 20.1. The van der Waals surface area contributed by atoms with E-state index in [1.807, 2.05) is 6.92 Å². The van der Waals surface area contributed by atoms with E-state index < -0.39 is 35.6 Å². The van der Waals surface area contributed by atoms with Gasteiger partial charge in [-0.2, -0.15) is 0 Å². The minimum atomic E-state index is -1.07. The summed E-state index contributed by atoms with van der Waals surface area (Å²) in [4.78, 5) is 33.4. The molecular formula is C29H31F3N4O4S2. The van der Waals surface area contributed by atoms with Gasteiger partial charge >= 0.3 is 0 Å². The summed E-state index contributed by atoms with van der Waals surface area (Å²) in [6, 6.07) is 8.28. The van der Waals surface area contributed by atoms with Gasteiger partial charge in [0.25, 0.3) is 5.91 Å². The van der Waals surface area contributed by atoms with Gasteiger partial charge in [-0.05, 0) is 56.0 Å². The van der Waals surface area contributed by atoms with Crippen LogP contribution in [0, 0.1) is 17.5 Å². The van der Waals surface area contributed by atoms with Crippen molar-refractivity contribution in [3.05, 3.63) is 93.1 Å². The third-order valence-corrected chi connectivity index (χ3v) is 7.86. The average Bonchev–Trinajstić information content (AvgIpc) is 3.68. The van der Waals surface area contributed by atoms with E-state index in [-0.39, 0.29) is 33.9 Å². The van der Waals surface area contributed by atoms with E-state index in [0.29, 0.717) is 17.8 Å². The second kappa shape index (κ2) is 16.1.